The second-order valence-corrected chi connectivity index (χ2v) is 6.26. The van der Waals surface area contributed by atoms with Crippen LogP contribution in [0.2, 0.25) is 0 Å². The number of aryl methyl sites for hydroxylation is 1. The molecule has 0 radical (unpaired) electrons. The van der Waals surface area contributed by atoms with E-state index < -0.39 is 0 Å². The minimum atomic E-state index is -0.250. The molecule has 6 heteroatoms. The van der Waals surface area contributed by atoms with Crippen LogP contribution in [0.4, 0.5) is 10.2 Å². The summed E-state index contributed by atoms with van der Waals surface area (Å²) in [5, 5.41) is 6.01. The van der Waals surface area contributed by atoms with Crippen molar-refractivity contribution in [3.05, 3.63) is 89.1 Å². The second-order valence-electron chi connectivity index (χ2n) is 6.26. The van der Waals surface area contributed by atoms with E-state index in [9.17, 15) is 9.18 Å². The SMILES string of the molecule is Cc1ccc(CNC(=O)c2cc(NCCc3ccc(F)cc3)ncn2)cc1. The van der Waals surface area contributed by atoms with E-state index in [-0.39, 0.29) is 11.7 Å². The summed E-state index contributed by atoms with van der Waals surface area (Å²) in [6.45, 7) is 3.08. The third kappa shape index (κ3) is 5.60. The van der Waals surface area contributed by atoms with Gasteiger partial charge < -0.3 is 10.6 Å². The molecule has 1 heterocycles. The molecule has 2 N–H and O–H groups in total. The van der Waals surface area contributed by atoms with Gasteiger partial charge in [0.15, 0.2) is 0 Å². The Bertz CT molecular complexity index is 895. The number of hydrogen-bond donors (Lipinski definition) is 2. The van der Waals surface area contributed by atoms with E-state index >= 15 is 0 Å². The van der Waals surface area contributed by atoms with E-state index in [2.05, 4.69) is 20.6 Å². The number of halogens is 1. The monoisotopic (exact) mass is 364 g/mol. The van der Waals surface area contributed by atoms with E-state index in [4.69, 9.17) is 0 Å². The Morgan fingerprint density at radius 1 is 1.00 bits per heavy atom. The van der Waals surface area contributed by atoms with Gasteiger partial charge >= 0.3 is 0 Å². The second kappa shape index (κ2) is 8.89. The summed E-state index contributed by atoms with van der Waals surface area (Å²) in [5.74, 6) is 0.0796. The van der Waals surface area contributed by atoms with Crippen molar-refractivity contribution in [2.24, 2.45) is 0 Å². The Labute approximate surface area is 157 Å². The maximum atomic E-state index is 12.9. The van der Waals surface area contributed by atoms with Crippen LogP contribution in [-0.2, 0) is 13.0 Å². The highest BCUT2D eigenvalue weighted by molar-refractivity contribution is 5.92. The van der Waals surface area contributed by atoms with Crippen LogP contribution in [-0.4, -0.2) is 22.4 Å². The average molecular weight is 364 g/mol. The molecule has 0 spiro atoms. The van der Waals surface area contributed by atoms with Gasteiger partial charge in [-0.05, 0) is 36.6 Å². The molecule has 27 heavy (non-hydrogen) atoms. The number of benzene rings is 2. The topological polar surface area (TPSA) is 66.9 Å². The van der Waals surface area contributed by atoms with Crippen molar-refractivity contribution >= 4 is 11.7 Å². The van der Waals surface area contributed by atoms with Gasteiger partial charge in [-0.3, -0.25) is 4.79 Å². The summed E-state index contributed by atoms with van der Waals surface area (Å²) in [5.41, 5.74) is 3.54. The lowest BCUT2D eigenvalue weighted by molar-refractivity contribution is 0.0946. The molecule has 0 atom stereocenters. The molecule has 3 rings (SSSR count). The largest absolute Gasteiger partial charge is 0.370 e. The van der Waals surface area contributed by atoms with Gasteiger partial charge in [-0.15, -0.1) is 0 Å². The molecule has 1 aromatic heterocycles. The number of anilines is 1. The van der Waals surface area contributed by atoms with Crippen LogP contribution >= 0.6 is 0 Å². The number of carbonyl (C=O) groups excluding carboxylic acids is 1. The fraction of sp³-hybridized carbons (Fsp3) is 0.190. The van der Waals surface area contributed by atoms with Crippen molar-refractivity contribution < 1.29 is 9.18 Å². The highest BCUT2D eigenvalue weighted by Crippen LogP contribution is 2.08. The highest BCUT2D eigenvalue weighted by Gasteiger charge is 2.08. The molecule has 0 unspecified atom stereocenters. The van der Waals surface area contributed by atoms with E-state index in [1.54, 1.807) is 18.2 Å². The Morgan fingerprint density at radius 2 is 1.70 bits per heavy atom. The normalized spacial score (nSPS) is 10.4. The standard InChI is InChI=1S/C21H21FN4O/c1-15-2-4-17(5-3-15)13-24-21(27)19-12-20(26-14-25-19)23-11-10-16-6-8-18(22)9-7-16/h2-9,12,14H,10-11,13H2,1H3,(H,24,27)(H,23,25,26). The average Bonchev–Trinajstić information content (AvgIpc) is 2.69. The van der Waals surface area contributed by atoms with Gasteiger partial charge in [0.2, 0.25) is 0 Å². The van der Waals surface area contributed by atoms with Gasteiger partial charge in [-0.2, -0.15) is 0 Å². The number of amides is 1. The molecule has 1 amide bonds. The predicted molar refractivity (Wildman–Crippen MR) is 103 cm³/mol. The molecule has 0 aliphatic rings. The van der Waals surface area contributed by atoms with E-state index in [1.165, 1.54) is 24.0 Å². The first-order chi connectivity index (χ1) is 13.1. The van der Waals surface area contributed by atoms with E-state index in [0.717, 1.165) is 17.5 Å². The summed E-state index contributed by atoms with van der Waals surface area (Å²) >= 11 is 0. The van der Waals surface area contributed by atoms with Gasteiger partial charge in [-0.25, -0.2) is 14.4 Å². The molecule has 0 aliphatic carbocycles. The smallest absolute Gasteiger partial charge is 0.270 e. The molecule has 0 saturated carbocycles. The lowest BCUT2D eigenvalue weighted by Gasteiger charge is -2.08. The minimum absolute atomic E-state index is 0.246. The molecule has 0 saturated heterocycles. The minimum Gasteiger partial charge on any atom is -0.370 e. The first-order valence-corrected chi connectivity index (χ1v) is 8.74. The lowest BCUT2D eigenvalue weighted by atomic mass is 10.1. The fourth-order valence-corrected chi connectivity index (χ4v) is 2.54. The van der Waals surface area contributed by atoms with Crippen molar-refractivity contribution in [1.82, 2.24) is 15.3 Å². The van der Waals surface area contributed by atoms with Gasteiger partial charge in [0.25, 0.3) is 5.91 Å². The summed E-state index contributed by atoms with van der Waals surface area (Å²) in [7, 11) is 0. The van der Waals surface area contributed by atoms with E-state index in [1.807, 2.05) is 31.2 Å². The molecule has 2 aromatic carbocycles. The Hall–Kier alpha value is -3.28. The number of rotatable bonds is 7. The summed E-state index contributed by atoms with van der Waals surface area (Å²) in [6.07, 6.45) is 2.08. The number of hydrogen-bond acceptors (Lipinski definition) is 4. The molecular formula is C21H21FN4O. The number of aromatic nitrogens is 2. The Morgan fingerprint density at radius 3 is 2.44 bits per heavy atom. The molecule has 0 aliphatic heterocycles. The van der Waals surface area contributed by atoms with Gasteiger partial charge in [0, 0.05) is 19.2 Å². The van der Waals surface area contributed by atoms with Crippen molar-refractivity contribution in [2.45, 2.75) is 19.9 Å². The van der Waals surface area contributed by atoms with Crippen LogP contribution < -0.4 is 10.6 Å². The van der Waals surface area contributed by atoms with Crippen LogP contribution in [0.3, 0.4) is 0 Å². The number of nitrogens with one attached hydrogen (secondary N) is 2. The van der Waals surface area contributed by atoms with Crippen LogP contribution in [0, 0.1) is 12.7 Å². The molecule has 0 bridgehead atoms. The summed E-state index contributed by atoms with van der Waals surface area (Å²) < 4.78 is 12.9. The summed E-state index contributed by atoms with van der Waals surface area (Å²) in [6, 6.07) is 16.0. The highest BCUT2D eigenvalue weighted by atomic mass is 19.1. The lowest BCUT2D eigenvalue weighted by Crippen LogP contribution is -2.24. The zero-order valence-electron chi connectivity index (χ0n) is 15.1. The first-order valence-electron chi connectivity index (χ1n) is 8.74. The van der Waals surface area contributed by atoms with Crippen molar-refractivity contribution in [2.75, 3.05) is 11.9 Å². The van der Waals surface area contributed by atoms with Crippen molar-refractivity contribution in [3.63, 3.8) is 0 Å². The number of carbonyl (C=O) groups is 1. The van der Waals surface area contributed by atoms with Crippen LogP contribution in [0.25, 0.3) is 0 Å². The van der Waals surface area contributed by atoms with Gasteiger partial charge in [-0.1, -0.05) is 42.0 Å². The molecular weight excluding hydrogens is 343 g/mol. The van der Waals surface area contributed by atoms with Crippen molar-refractivity contribution in [1.29, 1.82) is 0 Å². The van der Waals surface area contributed by atoms with Crippen LogP contribution in [0.1, 0.15) is 27.2 Å². The molecule has 138 valence electrons. The number of nitrogens with zero attached hydrogens (tertiary/aromatic N) is 2. The molecule has 0 fully saturated rings. The fourth-order valence-electron chi connectivity index (χ4n) is 2.54. The van der Waals surface area contributed by atoms with Crippen LogP contribution in [0.15, 0.2) is 60.9 Å². The third-order valence-electron chi connectivity index (χ3n) is 4.11. The maximum Gasteiger partial charge on any atom is 0.270 e. The Kier molecular flexibility index (Phi) is 6.10. The quantitative estimate of drug-likeness (QED) is 0.673. The van der Waals surface area contributed by atoms with Gasteiger partial charge in [0.05, 0.1) is 0 Å². The van der Waals surface area contributed by atoms with Crippen molar-refractivity contribution in [3.8, 4) is 0 Å². The zero-order valence-corrected chi connectivity index (χ0v) is 15.1. The van der Waals surface area contributed by atoms with Crippen LogP contribution in [0.5, 0.6) is 0 Å². The maximum absolute atomic E-state index is 12.9. The molecule has 5 nitrogen and oxygen atoms in total. The zero-order chi connectivity index (χ0) is 19.1. The first kappa shape index (κ1) is 18.5. The van der Waals surface area contributed by atoms with E-state index in [0.29, 0.717) is 24.6 Å². The summed E-state index contributed by atoms with van der Waals surface area (Å²) in [4.78, 5) is 20.5. The Balaban J connectivity index is 1.52. The molecule has 3 aromatic rings. The van der Waals surface area contributed by atoms with Gasteiger partial charge in [0.1, 0.15) is 23.7 Å². The predicted octanol–water partition coefficient (Wildman–Crippen LogP) is 3.51. The third-order valence-corrected chi connectivity index (χ3v) is 4.11.